The minimum Gasteiger partial charge on any atom is -0.388 e. The highest BCUT2D eigenvalue weighted by molar-refractivity contribution is 7.99. The van der Waals surface area contributed by atoms with Crippen molar-refractivity contribution in [2.75, 3.05) is 5.75 Å². The second-order valence-electron chi connectivity index (χ2n) is 4.75. The van der Waals surface area contributed by atoms with Gasteiger partial charge in [-0.1, -0.05) is 12.1 Å². The maximum atomic E-state index is 12.9. The van der Waals surface area contributed by atoms with E-state index in [4.69, 9.17) is 0 Å². The number of pyridine rings is 1. The van der Waals surface area contributed by atoms with Gasteiger partial charge >= 0.3 is 0 Å². The van der Waals surface area contributed by atoms with Crippen molar-refractivity contribution < 1.29 is 9.50 Å². The quantitative estimate of drug-likeness (QED) is 0.878. The van der Waals surface area contributed by atoms with Gasteiger partial charge in [-0.15, -0.1) is 11.8 Å². The van der Waals surface area contributed by atoms with Crippen LogP contribution in [0.4, 0.5) is 4.39 Å². The summed E-state index contributed by atoms with van der Waals surface area (Å²) < 4.78 is 12.9. The van der Waals surface area contributed by atoms with Crippen molar-refractivity contribution in [3.63, 3.8) is 0 Å². The van der Waals surface area contributed by atoms with E-state index in [0.717, 1.165) is 11.3 Å². The average molecular weight is 302 g/mol. The number of halogens is 1. The second kappa shape index (κ2) is 6.70. The molecule has 108 valence electrons. The third-order valence-corrected chi connectivity index (χ3v) is 4.11. The molecule has 0 aliphatic rings. The molecular formula is C16H15FN2OS. The number of hydrogen-bond acceptors (Lipinski definition) is 4. The Hall–Kier alpha value is -1.90. The van der Waals surface area contributed by atoms with Crippen LogP contribution < -0.4 is 0 Å². The summed E-state index contributed by atoms with van der Waals surface area (Å²) in [5.74, 6) is 0.0253. The Bertz CT molecular complexity index is 680. The van der Waals surface area contributed by atoms with Crippen molar-refractivity contribution in [1.29, 1.82) is 5.26 Å². The first-order valence-electron chi connectivity index (χ1n) is 6.46. The molecule has 1 aromatic carbocycles. The number of aryl methyl sites for hydroxylation is 2. The summed E-state index contributed by atoms with van der Waals surface area (Å²) in [7, 11) is 0. The molecule has 1 heterocycles. The first kappa shape index (κ1) is 15.5. The summed E-state index contributed by atoms with van der Waals surface area (Å²) in [5, 5.41) is 19.9. The van der Waals surface area contributed by atoms with Crippen molar-refractivity contribution in [3.05, 3.63) is 58.5 Å². The molecule has 0 spiro atoms. The lowest BCUT2D eigenvalue weighted by Crippen LogP contribution is -2.02. The molecule has 1 atom stereocenters. The molecule has 2 rings (SSSR count). The Morgan fingerprint density at radius 1 is 1.33 bits per heavy atom. The first-order valence-corrected chi connectivity index (χ1v) is 7.44. The van der Waals surface area contributed by atoms with Crippen LogP contribution in [0.1, 0.15) is 28.5 Å². The lowest BCUT2D eigenvalue weighted by molar-refractivity contribution is 0.204. The molecular weight excluding hydrogens is 287 g/mol. The highest BCUT2D eigenvalue weighted by Gasteiger charge is 2.13. The van der Waals surface area contributed by atoms with Gasteiger partial charge in [-0.2, -0.15) is 5.26 Å². The number of aliphatic hydroxyl groups is 1. The first-order chi connectivity index (χ1) is 10.0. The van der Waals surface area contributed by atoms with Gasteiger partial charge in [0.2, 0.25) is 0 Å². The molecule has 0 amide bonds. The number of benzene rings is 1. The summed E-state index contributed by atoms with van der Waals surface area (Å²) in [6.07, 6.45) is -0.732. The number of rotatable bonds is 4. The van der Waals surface area contributed by atoms with Crippen LogP contribution in [0.2, 0.25) is 0 Å². The van der Waals surface area contributed by atoms with Crippen LogP contribution in [0, 0.1) is 31.0 Å². The van der Waals surface area contributed by atoms with Crippen LogP contribution in [-0.2, 0) is 0 Å². The van der Waals surface area contributed by atoms with Gasteiger partial charge < -0.3 is 5.11 Å². The monoisotopic (exact) mass is 302 g/mol. The van der Waals surface area contributed by atoms with Crippen molar-refractivity contribution in [2.45, 2.75) is 25.0 Å². The summed E-state index contributed by atoms with van der Waals surface area (Å²) in [5.41, 5.74) is 2.90. The van der Waals surface area contributed by atoms with Gasteiger partial charge in [0.1, 0.15) is 16.9 Å². The fraction of sp³-hybridized carbons (Fsp3) is 0.250. The largest absolute Gasteiger partial charge is 0.388 e. The summed E-state index contributed by atoms with van der Waals surface area (Å²) in [6, 6.07) is 9.76. The van der Waals surface area contributed by atoms with Gasteiger partial charge in [0.25, 0.3) is 0 Å². The van der Waals surface area contributed by atoms with E-state index >= 15 is 0 Å². The number of nitrogens with zero attached hydrogens (tertiary/aromatic N) is 2. The predicted octanol–water partition coefficient (Wildman–Crippen LogP) is 3.53. The fourth-order valence-corrected chi connectivity index (χ4v) is 3.05. The van der Waals surface area contributed by atoms with E-state index in [0.29, 0.717) is 21.9 Å². The molecule has 21 heavy (non-hydrogen) atoms. The van der Waals surface area contributed by atoms with Crippen LogP contribution in [0.3, 0.4) is 0 Å². The van der Waals surface area contributed by atoms with Gasteiger partial charge in [0.05, 0.1) is 11.7 Å². The number of aliphatic hydroxyl groups excluding tert-OH is 1. The minimum absolute atomic E-state index is 0.332. The van der Waals surface area contributed by atoms with Crippen LogP contribution >= 0.6 is 11.8 Å². The maximum absolute atomic E-state index is 12.9. The van der Waals surface area contributed by atoms with Crippen molar-refractivity contribution in [2.24, 2.45) is 0 Å². The zero-order valence-electron chi connectivity index (χ0n) is 11.8. The predicted molar refractivity (Wildman–Crippen MR) is 80.5 cm³/mol. The van der Waals surface area contributed by atoms with Gasteiger partial charge in [-0.3, -0.25) is 0 Å². The molecule has 0 aliphatic carbocycles. The van der Waals surface area contributed by atoms with Crippen LogP contribution in [0.5, 0.6) is 0 Å². The van der Waals surface area contributed by atoms with E-state index in [1.807, 2.05) is 19.9 Å². The average Bonchev–Trinajstić information content (AvgIpc) is 2.45. The highest BCUT2D eigenvalue weighted by Crippen LogP contribution is 2.27. The van der Waals surface area contributed by atoms with E-state index in [-0.39, 0.29) is 5.82 Å². The number of aromatic nitrogens is 1. The van der Waals surface area contributed by atoms with Crippen molar-refractivity contribution in [1.82, 2.24) is 4.98 Å². The molecule has 1 N–H and O–H groups in total. The van der Waals surface area contributed by atoms with E-state index in [2.05, 4.69) is 11.1 Å². The topological polar surface area (TPSA) is 56.9 Å². The van der Waals surface area contributed by atoms with Crippen molar-refractivity contribution >= 4 is 11.8 Å². The molecule has 3 nitrogen and oxygen atoms in total. The van der Waals surface area contributed by atoms with E-state index in [9.17, 15) is 14.8 Å². The van der Waals surface area contributed by atoms with Gasteiger partial charge in [0, 0.05) is 11.4 Å². The molecule has 0 aliphatic heterocycles. The standard InChI is InChI=1S/C16H15FN2OS/c1-10-7-11(2)19-16(14(10)8-18)21-9-15(20)12-3-5-13(17)6-4-12/h3-7,15,20H,9H2,1-2H3. The summed E-state index contributed by atoms with van der Waals surface area (Å²) in [4.78, 5) is 4.35. The smallest absolute Gasteiger partial charge is 0.123 e. The van der Waals surface area contributed by atoms with E-state index in [1.165, 1.54) is 23.9 Å². The Kier molecular flexibility index (Phi) is 4.94. The Labute approximate surface area is 127 Å². The SMILES string of the molecule is Cc1cc(C)c(C#N)c(SCC(O)c2ccc(F)cc2)n1. The van der Waals surface area contributed by atoms with Crippen LogP contribution in [0.25, 0.3) is 0 Å². The Morgan fingerprint density at radius 2 is 2.00 bits per heavy atom. The second-order valence-corrected chi connectivity index (χ2v) is 5.76. The van der Waals surface area contributed by atoms with Gasteiger partial charge in [-0.05, 0) is 43.2 Å². The molecule has 0 radical (unpaired) electrons. The lowest BCUT2D eigenvalue weighted by Gasteiger charge is -2.12. The zero-order valence-corrected chi connectivity index (χ0v) is 12.6. The fourth-order valence-electron chi connectivity index (χ4n) is 1.98. The number of nitriles is 1. The third-order valence-electron chi connectivity index (χ3n) is 3.06. The molecule has 0 saturated carbocycles. The minimum atomic E-state index is -0.732. The summed E-state index contributed by atoms with van der Waals surface area (Å²) in [6.45, 7) is 3.74. The molecule has 2 aromatic rings. The van der Waals surface area contributed by atoms with Crippen LogP contribution in [0.15, 0.2) is 35.4 Å². The Morgan fingerprint density at radius 3 is 2.62 bits per heavy atom. The molecule has 0 saturated heterocycles. The van der Waals surface area contributed by atoms with E-state index < -0.39 is 6.10 Å². The third kappa shape index (κ3) is 3.81. The van der Waals surface area contributed by atoms with E-state index in [1.54, 1.807) is 12.1 Å². The maximum Gasteiger partial charge on any atom is 0.123 e. The van der Waals surface area contributed by atoms with Gasteiger partial charge in [0.15, 0.2) is 0 Å². The molecule has 5 heteroatoms. The summed E-state index contributed by atoms with van der Waals surface area (Å²) >= 11 is 1.33. The van der Waals surface area contributed by atoms with Crippen molar-refractivity contribution in [3.8, 4) is 6.07 Å². The lowest BCUT2D eigenvalue weighted by atomic mass is 10.1. The highest BCUT2D eigenvalue weighted by atomic mass is 32.2. The molecule has 0 fully saturated rings. The molecule has 1 aromatic heterocycles. The van der Waals surface area contributed by atoms with Crippen LogP contribution in [-0.4, -0.2) is 15.8 Å². The van der Waals surface area contributed by atoms with Gasteiger partial charge in [-0.25, -0.2) is 9.37 Å². The molecule has 1 unspecified atom stereocenters. The normalized spacial score (nSPS) is 12.0. The zero-order chi connectivity index (χ0) is 15.4. The number of hydrogen-bond donors (Lipinski definition) is 1. The number of thioether (sulfide) groups is 1. The molecule has 0 bridgehead atoms. The Balaban J connectivity index is 2.13.